The van der Waals surface area contributed by atoms with Crippen LogP contribution in [-0.2, 0) is 0 Å². The summed E-state index contributed by atoms with van der Waals surface area (Å²) in [6.45, 7) is 4.54. The number of fused-ring (bicyclic) bond motifs is 1. The molecule has 0 atom stereocenters. The Hall–Kier alpha value is -1.52. The van der Waals surface area contributed by atoms with E-state index in [0.717, 1.165) is 28.9 Å². The van der Waals surface area contributed by atoms with Gasteiger partial charge >= 0.3 is 0 Å². The molecule has 0 saturated carbocycles. The van der Waals surface area contributed by atoms with Gasteiger partial charge in [0.2, 0.25) is 0 Å². The molecule has 2 aromatic rings. The van der Waals surface area contributed by atoms with Crippen molar-refractivity contribution in [1.82, 2.24) is 0 Å². The first-order chi connectivity index (χ1) is 10.6. The fraction of sp³-hybridized carbons (Fsp3) is 0.235. The predicted molar refractivity (Wildman–Crippen MR) is 95.2 cm³/mol. The number of carbonyl (C=O) groups is 1. The molecule has 3 nitrogen and oxygen atoms in total. The van der Waals surface area contributed by atoms with Gasteiger partial charge in [-0.25, -0.2) is 0 Å². The van der Waals surface area contributed by atoms with Crippen LogP contribution in [-0.4, -0.2) is 25.5 Å². The molecule has 1 amide bonds. The predicted octanol–water partition coefficient (Wildman–Crippen LogP) is 4.59. The lowest BCUT2D eigenvalue weighted by atomic mass is 10.1. The fourth-order valence-electron chi connectivity index (χ4n) is 2.77. The average Bonchev–Trinajstić information content (AvgIpc) is 2.55. The summed E-state index contributed by atoms with van der Waals surface area (Å²) in [5.74, 6) is -0.0606. The molecule has 1 heterocycles. The molecular weight excluding hydrogens is 364 g/mol. The number of rotatable bonds is 2. The van der Waals surface area contributed by atoms with E-state index >= 15 is 0 Å². The van der Waals surface area contributed by atoms with Gasteiger partial charge in [-0.2, -0.15) is 0 Å². The highest BCUT2D eigenvalue weighted by atomic mass is 79.9. The number of hydrogen-bond acceptors (Lipinski definition) is 2. The summed E-state index contributed by atoms with van der Waals surface area (Å²) < 4.78 is 0.848. The van der Waals surface area contributed by atoms with Gasteiger partial charge in [0, 0.05) is 24.1 Å². The highest BCUT2D eigenvalue weighted by Gasteiger charge is 2.27. The largest absolute Gasteiger partial charge is 0.368 e. The zero-order valence-corrected chi connectivity index (χ0v) is 14.6. The molecule has 0 spiro atoms. The Kier molecular flexibility index (Phi) is 4.41. The second kappa shape index (κ2) is 6.31. The van der Waals surface area contributed by atoms with Crippen LogP contribution in [0.15, 0.2) is 46.9 Å². The topological polar surface area (TPSA) is 23.6 Å². The van der Waals surface area contributed by atoms with Crippen molar-refractivity contribution < 1.29 is 4.79 Å². The molecule has 1 aliphatic rings. The van der Waals surface area contributed by atoms with Crippen molar-refractivity contribution in [2.24, 2.45) is 0 Å². The number of likely N-dealkylation sites (N-methyl/N-ethyl adjacent to an activating group) is 1. The van der Waals surface area contributed by atoms with Crippen molar-refractivity contribution in [2.45, 2.75) is 6.92 Å². The molecule has 0 aromatic heterocycles. The molecular formula is C17H16BrClN2O. The van der Waals surface area contributed by atoms with E-state index in [1.54, 1.807) is 12.1 Å². The summed E-state index contributed by atoms with van der Waals surface area (Å²) in [6, 6.07) is 13.4. The summed E-state index contributed by atoms with van der Waals surface area (Å²) >= 11 is 9.62. The monoisotopic (exact) mass is 378 g/mol. The Labute approximate surface area is 143 Å². The minimum atomic E-state index is -0.0606. The van der Waals surface area contributed by atoms with Gasteiger partial charge in [-0.05, 0) is 37.3 Å². The summed E-state index contributed by atoms with van der Waals surface area (Å²) in [7, 11) is 0. The van der Waals surface area contributed by atoms with Crippen LogP contribution in [0.3, 0.4) is 0 Å². The average molecular weight is 380 g/mol. The summed E-state index contributed by atoms with van der Waals surface area (Å²) in [4.78, 5) is 17.0. The van der Waals surface area contributed by atoms with Crippen LogP contribution in [0, 0.1) is 0 Å². The Morgan fingerprint density at radius 3 is 2.64 bits per heavy atom. The van der Waals surface area contributed by atoms with Crippen LogP contribution in [0.2, 0.25) is 5.02 Å². The SMILES string of the molecule is CCN1CCN(C(=O)c2cc(Br)ccc2Cl)c2ccccc21. The number of anilines is 2. The Morgan fingerprint density at radius 2 is 1.91 bits per heavy atom. The molecule has 0 radical (unpaired) electrons. The van der Waals surface area contributed by atoms with Crippen molar-refractivity contribution in [3.05, 3.63) is 57.5 Å². The van der Waals surface area contributed by atoms with Gasteiger partial charge in [-0.3, -0.25) is 4.79 Å². The number of carbonyl (C=O) groups excluding carboxylic acids is 1. The molecule has 0 fully saturated rings. The molecule has 0 unspecified atom stereocenters. The van der Waals surface area contributed by atoms with Gasteiger partial charge in [0.05, 0.1) is 22.0 Å². The minimum absolute atomic E-state index is 0.0606. The van der Waals surface area contributed by atoms with Crippen molar-refractivity contribution in [2.75, 3.05) is 29.4 Å². The van der Waals surface area contributed by atoms with Crippen molar-refractivity contribution >= 4 is 44.8 Å². The Morgan fingerprint density at radius 1 is 1.18 bits per heavy atom. The molecule has 5 heteroatoms. The molecule has 1 aliphatic heterocycles. The van der Waals surface area contributed by atoms with Gasteiger partial charge in [-0.15, -0.1) is 0 Å². The molecule has 2 aromatic carbocycles. The van der Waals surface area contributed by atoms with Crippen LogP contribution >= 0.6 is 27.5 Å². The van der Waals surface area contributed by atoms with Crippen molar-refractivity contribution in [3.8, 4) is 0 Å². The van der Waals surface area contributed by atoms with Gasteiger partial charge < -0.3 is 9.80 Å². The number of para-hydroxylation sites is 2. The third-order valence-corrected chi connectivity index (χ3v) is 4.72. The van der Waals surface area contributed by atoms with Crippen LogP contribution in [0.4, 0.5) is 11.4 Å². The normalized spacial score (nSPS) is 14.0. The van der Waals surface area contributed by atoms with Crippen molar-refractivity contribution in [3.63, 3.8) is 0 Å². The number of halogens is 2. The van der Waals surface area contributed by atoms with E-state index < -0.39 is 0 Å². The third-order valence-electron chi connectivity index (χ3n) is 3.89. The van der Waals surface area contributed by atoms with E-state index in [4.69, 9.17) is 11.6 Å². The van der Waals surface area contributed by atoms with Crippen molar-refractivity contribution in [1.29, 1.82) is 0 Å². The quantitative estimate of drug-likeness (QED) is 0.762. The smallest absolute Gasteiger partial charge is 0.259 e. The molecule has 0 saturated heterocycles. The summed E-state index contributed by atoms with van der Waals surface area (Å²) in [6.07, 6.45) is 0. The zero-order valence-electron chi connectivity index (χ0n) is 12.2. The zero-order chi connectivity index (χ0) is 15.7. The summed E-state index contributed by atoms with van der Waals surface area (Å²) in [5.41, 5.74) is 2.56. The minimum Gasteiger partial charge on any atom is -0.368 e. The lowest BCUT2D eigenvalue weighted by Gasteiger charge is -2.37. The second-order valence-corrected chi connectivity index (χ2v) is 6.47. The van der Waals surface area contributed by atoms with E-state index in [0.29, 0.717) is 17.1 Å². The number of nitrogens with zero attached hydrogens (tertiary/aromatic N) is 2. The number of hydrogen-bond donors (Lipinski definition) is 0. The third kappa shape index (κ3) is 2.73. The van der Waals surface area contributed by atoms with Gasteiger partial charge in [0.15, 0.2) is 0 Å². The molecule has 0 N–H and O–H groups in total. The first-order valence-electron chi connectivity index (χ1n) is 7.22. The maximum Gasteiger partial charge on any atom is 0.259 e. The lowest BCUT2D eigenvalue weighted by molar-refractivity contribution is 0.0986. The standard InChI is InChI=1S/C17H16BrClN2O/c1-2-20-9-10-21(16-6-4-3-5-15(16)20)17(22)13-11-12(18)7-8-14(13)19/h3-8,11H,2,9-10H2,1H3. The Bertz CT molecular complexity index is 720. The molecule has 0 aliphatic carbocycles. The number of benzene rings is 2. The highest BCUT2D eigenvalue weighted by Crippen LogP contribution is 2.34. The first-order valence-corrected chi connectivity index (χ1v) is 8.40. The number of amides is 1. The van der Waals surface area contributed by atoms with E-state index in [9.17, 15) is 4.79 Å². The van der Waals surface area contributed by atoms with Crippen LogP contribution < -0.4 is 9.80 Å². The fourth-order valence-corrected chi connectivity index (χ4v) is 3.33. The van der Waals surface area contributed by atoms with Crippen LogP contribution in [0.25, 0.3) is 0 Å². The molecule has 0 bridgehead atoms. The van der Waals surface area contributed by atoms with Gasteiger partial charge in [0.1, 0.15) is 0 Å². The van der Waals surface area contributed by atoms with E-state index in [1.165, 1.54) is 0 Å². The molecule has 22 heavy (non-hydrogen) atoms. The molecule has 3 rings (SSSR count). The maximum absolute atomic E-state index is 12.9. The maximum atomic E-state index is 12.9. The second-order valence-electron chi connectivity index (χ2n) is 5.15. The van der Waals surface area contributed by atoms with E-state index in [-0.39, 0.29) is 5.91 Å². The Balaban J connectivity index is 2.02. The first kappa shape index (κ1) is 15.4. The summed E-state index contributed by atoms with van der Waals surface area (Å²) in [5, 5.41) is 0.476. The van der Waals surface area contributed by atoms with E-state index in [2.05, 4.69) is 33.8 Å². The van der Waals surface area contributed by atoms with Crippen LogP contribution in [0.1, 0.15) is 17.3 Å². The van der Waals surface area contributed by atoms with E-state index in [1.807, 2.05) is 29.2 Å². The molecule has 114 valence electrons. The van der Waals surface area contributed by atoms with Crippen LogP contribution in [0.5, 0.6) is 0 Å². The highest BCUT2D eigenvalue weighted by molar-refractivity contribution is 9.10. The van der Waals surface area contributed by atoms with Gasteiger partial charge in [-0.1, -0.05) is 39.7 Å². The lowest BCUT2D eigenvalue weighted by Crippen LogP contribution is -2.44. The van der Waals surface area contributed by atoms with Gasteiger partial charge in [0.25, 0.3) is 5.91 Å².